The molecule has 0 spiro atoms. The molecule has 4 aliphatic carbocycles. The van der Waals surface area contributed by atoms with Crippen molar-refractivity contribution in [1.29, 1.82) is 0 Å². The molecule has 4 bridgehead atoms. The third kappa shape index (κ3) is 2.75. The fourth-order valence-corrected chi connectivity index (χ4v) is 6.56. The molecule has 1 N–H and O–H groups in total. The number of rotatable bonds is 3. The highest BCUT2D eigenvalue weighted by Gasteiger charge is 2.61. The van der Waals surface area contributed by atoms with E-state index in [0.29, 0.717) is 16.6 Å². The Bertz CT molecular complexity index is 907. The summed E-state index contributed by atoms with van der Waals surface area (Å²) < 4.78 is 2.68. The van der Waals surface area contributed by atoms with Crippen molar-refractivity contribution in [2.45, 2.75) is 57.9 Å². The Morgan fingerprint density at radius 2 is 1.93 bits per heavy atom. The van der Waals surface area contributed by atoms with Crippen LogP contribution in [-0.2, 0) is 10.3 Å². The lowest BCUT2D eigenvalue weighted by Crippen LogP contribution is -2.60. The largest absolute Gasteiger partial charge is 0.326 e. The molecule has 0 radical (unpaired) electrons. The summed E-state index contributed by atoms with van der Waals surface area (Å²) in [6.45, 7) is 4.19. The Kier molecular flexibility index (Phi) is 3.81. The quantitative estimate of drug-likeness (QED) is 0.777. The third-order valence-corrected chi connectivity index (χ3v) is 7.59. The first kappa shape index (κ1) is 17.4. The van der Waals surface area contributed by atoms with Crippen LogP contribution in [0, 0.1) is 31.1 Å². The maximum Gasteiger partial charge on any atom is 0.230 e. The zero-order chi connectivity index (χ0) is 18.8. The van der Waals surface area contributed by atoms with E-state index in [-0.39, 0.29) is 16.9 Å². The van der Waals surface area contributed by atoms with Gasteiger partial charge in [0.15, 0.2) is 0 Å². The average Bonchev–Trinajstić information content (AvgIpc) is 3.04. The lowest BCUT2D eigenvalue weighted by Gasteiger charge is -2.60. The number of carbonyl (C=O) groups excluding carboxylic acids is 1. The van der Waals surface area contributed by atoms with E-state index in [1.165, 1.54) is 17.5 Å². The van der Waals surface area contributed by atoms with Crippen molar-refractivity contribution in [1.82, 2.24) is 14.8 Å². The van der Waals surface area contributed by atoms with Crippen molar-refractivity contribution in [2.24, 2.45) is 17.3 Å². The monoisotopic (exact) mass is 428 g/mol. The van der Waals surface area contributed by atoms with Crippen LogP contribution in [0.3, 0.4) is 0 Å². The highest BCUT2D eigenvalue weighted by Crippen LogP contribution is 2.64. The van der Waals surface area contributed by atoms with Gasteiger partial charge in [0, 0.05) is 5.69 Å². The highest BCUT2D eigenvalue weighted by molar-refractivity contribution is 9.10. The fraction of sp³-hybridized carbons (Fsp3) is 0.571. The van der Waals surface area contributed by atoms with Crippen LogP contribution in [0.2, 0.25) is 0 Å². The van der Waals surface area contributed by atoms with Crippen molar-refractivity contribution >= 4 is 27.5 Å². The predicted molar refractivity (Wildman–Crippen MR) is 107 cm³/mol. The standard InChI is InChI=1S/C21H25BrN4O/c1-13-3-4-17(5-14(13)2)24-18(27)20-7-15-6-16(8-20)10-21(9-15,11-20)26-12-23-19(22)25-26/h3-5,12,15-16H,6-11H2,1-2H3,(H,24,27). The molecule has 1 aromatic carbocycles. The molecule has 2 atom stereocenters. The number of anilines is 1. The molecule has 4 saturated carbocycles. The Balaban J connectivity index is 1.46. The summed E-state index contributed by atoms with van der Waals surface area (Å²) in [6, 6.07) is 6.18. The first-order valence-corrected chi connectivity index (χ1v) is 10.6. The number of hydrogen-bond donors (Lipinski definition) is 1. The second kappa shape index (κ2) is 5.90. The summed E-state index contributed by atoms with van der Waals surface area (Å²) in [4.78, 5) is 17.8. The molecule has 1 amide bonds. The Hall–Kier alpha value is -1.69. The van der Waals surface area contributed by atoms with Crippen LogP contribution in [0.1, 0.15) is 49.7 Å². The normalized spacial score (nSPS) is 34.0. The summed E-state index contributed by atoms with van der Waals surface area (Å²) in [5, 5.41) is 7.83. The van der Waals surface area contributed by atoms with Crippen LogP contribution in [0.5, 0.6) is 0 Å². The summed E-state index contributed by atoms with van der Waals surface area (Å²) in [6.07, 6.45) is 8.24. The van der Waals surface area contributed by atoms with Crippen LogP contribution >= 0.6 is 15.9 Å². The highest BCUT2D eigenvalue weighted by atomic mass is 79.9. The second-order valence-corrected chi connectivity index (χ2v) is 9.89. The molecular weight excluding hydrogens is 404 g/mol. The Morgan fingerprint density at radius 3 is 2.56 bits per heavy atom. The molecule has 2 aromatic rings. The molecule has 142 valence electrons. The number of amides is 1. The van der Waals surface area contributed by atoms with Gasteiger partial charge in [-0.1, -0.05) is 6.07 Å². The van der Waals surface area contributed by atoms with Gasteiger partial charge in [-0.3, -0.25) is 4.79 Å². The number of benzene rings is 1. The SMILES string of the molecule is Cc1ccc(NC(=O)C23CC4CC(C2)CC(n2cnc(Br)n2)(C4)C3)cc1C. The summed E-state index contributed by atoms with van der Waals surface area (Å²) in [5.74, 6) is 1.42. The van der Waals surface area contributed by atoms with Crippen molar-refractivity contribution in [2.75, 3.05) is 5.32 Å². The van der Waals surface area contributed by atoms with E-state index in [9.17, 15) is 4.79 Å². The van der Waals surface area contributed by atoms with Crippen LogP contribution in [0.4, 0.5) is 5.69 Å². The lowest BCUT2D eigenvalue weighted by atomic mass is 9.46. The molecular formula is C21H25BrN4O. The molecule has 4 fully saturated rings. The fourth-order valence-electron chi connectivity index (χ4n) is 6.30. The summed E-state index contributed by atoms with van der Waals surface area (Å²) in [5.41, 5.74) is 3.04. The van der Waals surface area contributed by atoms with Gasteiger partial charge < -0.3 is 5.32 Å². The van der Waals surface area contributed by atoms with E-state index in [4.69, 9.17) is 0 Å². The summed E-state index contributed by atoms with van der Waals surface area (Å²) in [7, 11) is 0. The number of nitrogens with one attached hydrogen (secondary N) is 1. The lowest BCUT2D eigenvalue weighted by molar-refractivity contribution is -0.150. The number of aryl methyl sites for hydroxylation is 2. The van der Waals surface area contributed by atoms with Crippen molar-refractivity contribution in [3.05, 3.63) is 40.4 Å². The number of hydrogen-bond acceptors (Lipinski definition) is 3. The van der Waals surface area contributed by atoms with E-state index in [2.05, 4.69) is 57.3 Å². The molecule has 1 aromatic heterocycles. The van der Waals surface area contributed by atoms with Gasteiger partial charge in [-0.15, -0.1) is 5.10 Å². The Morgan fingerprint density at radius 1 is 1.19 bits per heavy atom. The van der Waals surface area contributed by atoms with Gasteiger partial charge in [-0.25, -0.2) is 9.67 Å². The van der Waals surface area contributed by atoms with E-state index in [0.717, 1.165) is 37.8 Å². The zero-order valence-corrected chi connectivity index (χ0v) is 17.4. The second-order valence-electron chi connectivity index (χ2n) is 9.18. The van der Waals surface area contributed by atoms with E-state index in [1.54, 1.807) is 0 Å². The zero-order valence-electron chi connectivity index (χ0n) is 15.8. The third-order valence-electron chi connectivity index (χ3n) is 7.23. The van der Waals surface area contributed by atoms with Gasteiger partial charge >= 0.3 is 0 Å². The van der Waals surface area contributed by atoms with E-state index >= 15 is 0 Å². The molecule has 0 aliphatic heterocycles. The smallest absolute Gasteiger partial charge is 0.230 e. The molecule has 2 unspecified atom stereocenters. The van der Waals surface area contributed by atoms with Gasteiger partial charge in [0.25, 0.3) is 0 Å². The van der Waals surface area contributed by atoms with Crippen LogP contribution in [-0.4, -0.2) is 20.7 Å². The topological polar surface area (TPSA) is 59.8 Å². The van der Waals surface area contributed by atoms with Gasteiger partial charge in [0.1, 0.15) is 6.33 Å². The van der Waals surface area contributed by atoms with Gasteiger partial charge in [0.2, 0.25) is 10.6 Å². The molecule has 0 saturated heterocycles. The molecule has 27 heavy (non-hydrogen) atoms. The Labute approximate surface area is 168 Å². The minimum absolute atomic E-state index is 0.0519. The number of nitrogens with zero attached hydrogens (tertiary/aromatic N) is 3. The van der Waals surface area contributed by atoms with Gasteiger partial charge in [-0.2, -0.15) is 0 Å². The van der Waals surface area contributed by atoms with Crippen LogP contribution in [0.15, 0.2) is 29.3 Å². The van der Waals surface area contributed by atoms with E-state index in [1.807, 2.05) is 17.1 Å². The maximum atomic E-state index is 13.5. The molecule has 6 heteroatoms. The van der Waals surface area contributed by atoms with E-state index < -0.39 is 0 Å². The molecule has 6 rings (SSSR count). The van der Waals surface area contributed by atoms with Crippen LogP contribution < -0.4 is 5.32 Å². The number of halogens is 1. The predicted octanol–water partition coefficient (Wildman–Crippen LogP) is 4.59. The first-order valence-electron chi connectivity index (χ1n) is 9.84. The molecule has 5 nitrogen and oxygen atoms in total. The first-order chi connectivity index (χ1) is 12.9. The van der Waals surface area contributed by atoms with Crippen molar-refractivity contribution < 1.29 is 4.79 Å². The van der Waals surface area contributed by atoms with Crippen molar-refractivity contribution in [3.8, 4) is 0 Å². The van der Waals surface area contributed by atoms with Crippen molar-refractivity contribution in [3.63, 3.8) is 0 Å². The maximum absolute atomic E-state index is 13.5. The van der Waals surface area contributed by atoms with Crippen LogP contribution in [0.25, 0.3) is 0 Å². The van der Waals surface area contributed by atoms with Gasteiger partial charge in [0.05, 0.1) is 11.0 Å². The average molecular weight is 429 g/mol. The number of aromatic nitrogens is 3. The number of carbonyl (C=O) groups is 1. The molecule has 1 heterocycles. The van der Waals surface area contributed by atoms with Gasteiger partial charge in [-0.05, 0) is 103 Å². The minimum Gasteiger partial charge on any atom is -0.326 e. The summed E-state index contributed by atoms with van der Waals surface area (Å²) >= 11 is 3.39. The molecule has 4 aliphatic rings. The minimum atomic E-state index is -0.276.